The Labute approximate surface area is 70.7 Å². The van der Waals surface area contributed by atoms with Crippen molar-refractivity contribution in [2.24, 2.45) is 5.73 Å². The van der Waals surface area contributed by atoms with E-state index < -0.39 is 0 Å². The number of nitrogens with zero attached hydrogens (tertiary/aromatic N) is 1. The number of aryl methyl sites for hydroxylation is 1. The number of rotatable bonds is 2. The summed E-state index contributed by atoms with van der Waals surface area (Å²) in [5.74, 6) is 0.0871. The first-order chi connectivity index (χ1) is 5.70. The molecule has 4 N–H and O–H groups in total. The molecule has 0 spiro atoms. The SMILES string of the molecule is Cc1n[13cH][13c]([13CH2]O)c(CN)c1O. The van der Waals surface area contributed by atoms with Gasteiger partial charge in [0, 0.05) is 23.9 Å². The van der Waals surface area contributed by atoms with Crippen LogP contribution in [0.4, 0.5) is 0 Å². The normalized spacial score (nSPS) is 10.2. The molecule has 0 fully saturated rings. The van der Waals surface area contributed by atoms with Crippen LogP contribution in [0.2, 0.25) is 0 Å². The van der Waals surface area contributed by atoms with Crippen molar-refractivity contribution in [1.29, 1.82) is 0 Å². The predicted molar refractivity (Wildman–Crippen MR) is 44.5 cm³/mol. The number of pyridine rings is 1. The summed E-state index contributed by atoms with van der Waals surface area (Å²) in [6.07, 6.45) is 1.53. The molecule has 0 aliphatic rings. The van der Waals surface area contributed by atoms with Gasteiger partial charge >= 0.3 is 0 Å². The second-order valence-electron chi connectivity index (χ2n) is 2.56. The van der Waals surface area contributed by atoms with Gasteiger partial charge in [-0.2, -0.15) is 0 Å². The van der Waals surface area contributed by atoms with E-state index >= 15 is 0 Å². The zero-order chi connectivity index (χ0) is 9.14. The van der Waals surface area contributed by atoms with Crippen molar-refractivity contribution in [1.82, 2.24) is 4.98 Å². The van der Waals surface area contributed by atoms with E-state index in [-0.39, 0.29) is 18.9 Å². The molecule has 0 aliphatic heterocycles. The summed E-state index contributed by atoms with van der Waals surface area (Å²) in [6.45, 7) is 1.76. The highest BCUT2D eigenvalue weighted by atomic mass is 16.3. The van der Waals surface area contributed by atoms with Gasteiger partial charge in [0.05, 0.1) is 12.3 Å². The highest BCUT2D eigenvalue weighted by Crippen LogP contribution is 2.22. The fourth-order valence-electron chi connectivity index (χ4n) is 1.05. The highest BCUT2D eigenvalue weighted by Gasteiger charge is 2.08. The van der Waals surface area contributed by atoms with Crippen LogP contribution in [0, 0.1) is 6.92 Å². The van der Waals surface area contributed by atoms with Gasteiger partial charge in [-0.15, -0.1) is 0 Å². The minimum Gasteiger partial charge on any atom is -0.506 e. The molecule has 1 rings (SSSR count). The Balaban J connectivity index is 3.25. The van der Waals surface area contributed by atoms with Gasteiger partial charge in [0.2, 0.25) is 0 Å². The largest absolute Gasteiger partial charge is 0.506 e. The van der Waals surface area contributed by atoms with Crippen molar-refractivity contribution in [3.05, 3.63) is 23.0 Å². The monoisotopic (exact) mass is 171 g/mol. The van der Waals surface area contributed by atoms with Crippen LogP contribution < -0.4 is 5.73 Å². The van der Waals surface area contributed by atoms with E-state index in [4.69, 9.17) is 10.8 Å². The van der Waals surface area contributed by atoms with E-state index in [9.17, 15) is 5.11 Å². The second kappa shape index (κ2) is 3.51. The van der Waals surface area contributed by atoms with Crippen molar-refractivity contribution in [2.75, 3.05) is 0 Å². The first-order valence-electron chi connectivity index (χ1n) is 3.68. The number of aliphatic hydroxyl groups is 1. The van der Waals surface area contributed by atoms with Crippen LogP contribution in [0.25, 0.3) is 0 Å². The van der Waals surface area contributed by atoms with Gasteiger partial charge < -0.3 is 15.9 Å². The average Bonchev–Trinajstić information content (AvgIpc) is 2.09. The molecule has 0 amide bonds. The third-order valence-corrected chi connectivity index (χ3v) is 1.80. The van der Waals surface area contributed by atoms with Crippen molar-refractivity contribution in [3.63, 3.8) is 0 Å². The van der Waals surface area contributed by atoms with Crippen LogP contribution in [-0.2, 0) is 13.2 Å². The topological polar surface area (TPSA) is 79.4 Å². The van der Waals surface area contributed by atoms with E-state index in [1.54, 1.807) is 6.92 Å². The summed E-state index contributed by atoms with van der Waals surface area (Å²) in [6, 6.07) is 0. The van der Waals surface area contributed by atoms with Gasteiger partial charge in [-0.1, -0.05) is 0 Å². The Morgan fingerprint density at radius 1 is 1.58 bits per heavy atom. The lowest BCUT2D eigenvalue weighted by Gasteiger charge is -2.08. The zero-order valence-electron chi connectivity index (χ0n) is 6.91. The van der Waals surface area contributed by atoms with Crippen LogP contribution in [0.15, 0.2) is 6.20 Å². The van der Waals surface area contributed by atoms with E-state index in [0.717, 1.165) is 0 Å². The molecule has 0 saturated heterocycles. The quantitative estimate of drug-likeness (QED) is 0.549. The lowest BCUT2D eigenvalue weighted by Crippen LogP contribution is -2.04. The molecular weight excluding hydrogens is 159 g/mol. The number of hydrogen-bond acceptors (Lipinski definition) is 4. The van der Waals surface area contributed by atoms with E-state index in [1.165, 1.54) is 6.20 Å². The summed E-state index contributed by atoms with van der Waals surface area (Å²) >= 11 is 0. The van der Waals surface area contributed by atoms with Gasteiger partial charge in [0.1, 0.15) is 5.75 Å². The third kappa shape index (κ3) is 1.39. The van der Waals surface area contributed by atoms with Gasteiger partial charge in [0.25, 0.3) is 0 Å². The van der Waals surface area contributed by atoms with Crippen LogP contribution in [0.1, 0.15) is 16.8 Å². The molecule has 4 heteroatoms. The molecule has 0 aliphatic carbocycles. The molecule has 0 atom stereocenters. The molecule has 0 unspecified atom stereocenters. The molecule has 0 aromatic carbocycles. The second-order valence-corrected chi connectivity index (χ2v) is 2.56. The molecule has 0 radical (unpaired) electrons. The number of hydrogen-bond donors (Lipinski definition) is 3. The lowest BCUT2D eigenvalue weighted by atomic mass is 10.3. The Hall–Kier alpha value is -1.13. The maximum atomic E-state index is 9.46. The van der Waals surface area contributed by atoms with Crippen LogP contribution in [-0.4, -0.2) is 15.2 Å². The summed E-state index contributed by atoms with van der Waals surface area (Å²) in [5, 5.41) is 18.3. The molecule has 66 valence electrons. The van der Waals surface area contributed by atoms with Gasteiger partial charge in [-0.25, -0.2) is 0 Å². The smallest absolute Gasteiger partial charge is 0.141 e. The van der Waals surface area contributed by atoms with Gasteiger partial charge in [0.15, 0.2) is 0 Å². The van der Waals surface area contributed by atoms with Crippen LogP contribution >= 0.6 is 0 Å². The molecule has 1 aromatic heterocycles. The lowest BCUT2D eigenvalue weighted by molar-refractivity contribution is 0.279. The maximum Gasteiger partial charge on any atom is 0.141 e. The minimum absolute atomic E-state index is 0.0871. The van der Waals surface area contributed by atoms with Gasteiger partial charge in [-0.3, -0.25) is 4.98 Å². The predicted octanol–water partition coefficient (Wildman–Crippen LogP) is 0.0466. The Bertz CT molecular complexity index is 287. The Morgan fingerprint density at radius 2 is 2.25 bits per heavy atom. The summed E-state index contributed by atoms with van der Waals surface area (Å²) < 4.78 is 0. The minimum atomic E-state index is -0.145. The van der Waals surface area contributed by atoms with Crippen molar-refractivity contribution in [2.45, 2.75) is 20.1 Å². The third-order valence-electron chi connectivity index (χ3n) is 1.80. The number of nitrogens with two attached hydrogens (primary N) is 1. The highest BCUT2D eigenvalue weighted by molar-refractivity contribution is 5.40. The van der Waals surface area contributed by atoms with Crippen molar-refractivity contribution >= 4 is 0 Å². The first-order valence-corrected chi connectivity index (χ1v) is 3.68. The molecule has 1 heterocycles. The number of aromatic hydroxyl groups is 1. The summed E-state index contributed by atoms with van der Waals surface area (Å²) in [5.41, 5.74) is 7.09. The fourth-order valence-corrected chi connectivity index (χ4v) is 1.05. The van der Waals surface area contributed by atoms with Gasteiger partial charge in [-0.05, 0) is 6.92 Å². The van der Waals surface area contributed by atoms with E-state index in [2.05, 4.69) is 4.98 Å². The molecule has 4 nitrogen and oxygen atoms in total. The number of aromatic nitrogens is 1. The Morgan fingerprint density at radius 3 is 2.75 bits per heavy atom. The zero-order valence-corrected chi connectivity index (χ0v) is 6.91. The summed E-state index contributed by atoms with van der Waals surface area (Å²) in [7, 11) is 0. The van der Waals surface area contributed by atoms with Crippen LogP contribution in [0.3, 0.4) is 0 Å². The van der Waals surface area contributed by atoms with Crippen molar-refractivity contribution < 1.29 is 10.2 Å². The maximum absolute atomic E-state index is 9.46. The number of aliphatic hydroxyl groups excluding tert-OH is 1. The Kier molecular flexibility index (Phi) is 2.62. The first kappa shape index (κ1) is 8.96. The van der Waals surface area contributed by atoms with E-state index in [1.807, 2.05) is 0 Å². The molecular formula is C8H12N2O2. The molecule has 12 heavy (non-hydrogen) atoms. The fraction of sp³-hybridized carbons (Fsp3) is 0.375. The standard InChI is InChI=1S/C8H12N2O2/c1-5-8(12)7(2-9)6(4-11)3-10-5/h3,11-12H,2,4,9H2,1H3/i3+1,4+1,6+1. The average molecular weight is 171 g/mol. The van der Waals surface area contributed by atoms with Crippen molar-refractivity contribution in [3.8, 4) is 5.75 Å². The van der Waals surface area contributed by atoms with E-state index in [0.29, 0.717) is 16.8 Å². The summed E-state index contributed by atoms with van der Waals surface area (Å²) in [4.78, 5) is 3.89. The molecule has 0 bridgehead atoms. The van der Waals surface area contributed by atoms with Crippen LogP contribution in [0.5, 0.6) is 5.75 Å². The molecule has 1 aromatic rings. The molecule has 0 saturated carbocycles.